The number of hydrogen-bond donors (Lipinski definition) is 1. The van der Waals surface area contributed by atoms with E-state index in [1.165, 1.54) is 24.6 Å². The molecule has 0 spiro atoms. The van der Waals surface area contributed by atoms with Gasteiger partial charge in [-0.15, -0.1) is 10.2 Å². The molecule has 8 heteroatoms. The Hall–Kier alpha value is -2.84. The molecule has 168 valence electrons. The van der Waals surface area contributed by atoms with Crippen LogP contribution in [0.25, 0.3) is 5.69 Å². The Kier molecular flexibility index (Phi) is 7.79. The van der Waals surface area contributed by atoms with Gasteiger partial charge in [0.15, 0.2) is 11.0 Å². The number of rotatable bonds is 10. The van der Waals surface area contributed by atoms with E-state index < -0.39 is 0 Å². The van der Waals surface area contributed by atoms with Crippen molar-refractivity contribution in [3.05, 3.63) is 66.0 Å². The second kappa shape index (κ2) is 11.2. The summed E-state index contributed by atoms with van der Waals surface area (Å²) in [6.45, 7) is 3.56. The Morgan fingerprint density at radius 1 is 1.06 bits per heavy atom. The number of hydrogen-bond acceptors (Lipinski definition) is 6. The van der Waals surface area contributed by atoms with E-state index in [0.717, 1.165) is 54.0 Å². The summed E-state index contributed by atoms with van der Waals surface area (Å²) in [6, 6.07) is 18.0. The summed E-state index contributed by atoms with van der Waals surface area (Å²) in [5.74, 6) is 2.05. The molecular weight excluding hydrogens is 422 g/mol. The molecule has 0 saturated carbocycles. The lowest BCUT2D eigenvalue weighted by molar-refractivity contribution is -0.118. The average Bonchev–Trinajstić information content (AvgIpc) is 3.49. The predicted molar refractivity (Wildman–Crippen MR) is 126 cm³/mol. The number of carbonyl (C=O) groups is 1. The molecule has 1 aromatic heterocycles. The highest BCUT2D eigenvalue weighted by molar-refractivity contribution is 7.99. The van der Waals surface area contributed by atoms with Crippen molar-refractivity contribution in [1.29, 1.82) is 0 Å². The summed E-state index contributed by atoms with van der Waals surface area (Å²) in [5, 5.41) is 12.6. The Morgan fingerprint density at radius 3 is 2.53 bits per heavy atom. The van der Waals surface area contributed by atoms with Crippen molar-refractivity contribution >= 4 is 17.7 Å². The number of para-hydroxylation sites is 1. The number of likely N-dealkylation sites (tertiary alicyclic amines) is 1. The number of benzene rings is 2. The molecule has 1 fully saturated rings. The molecule has 7 nitrogen and oxygen atoms in total. The largest absolute Gasteiger partial charge is 0.497 e. The smallest absolute Gasteiger partial charge is 0.230 e. The first-order chi connectivity index (χ1) is 15.7. The van der Waals surface area contributed by atoms with Gasteiger partial charge in [-0.3, -0.25) is 14.3 Å². The molecule has 2 aromatic carbocycles. The molecule has 0 radical (unpaired) electrons. The molecule has 0 atom stereocenters. The number of ether oxygens (including phenoxy) is 1. The summed E-state index contributed by atoms with van der Waals surface area (Å²) in [7, 11) is 1.65. The van der Waals surface area contributed by atoms with Crippen LogP contribution in [-0.2, 0) is 17.8 Å². The first kappa shape index (κ1) is 22.4. The summed E-state index contributed by atoms with van der Waals surface area (Å²) in [4.78, 5) is 14.8. The molecule has 0 unspecified atom stereocenters. The van der Waals surface area contributed by atoms with E-state index in [2.05, 4.69) is 37.1 Å². The zero-order valence-electron chi connectivity index (χ0n) is 18.4. The maximum Gasteiger partial charge on any atom is 0.230 e. The SMILES string of the molecule is COc1ccc(CCNC(=O)CSc2nnc(CN3CCCC3)n2-c2ccccc2)cc1. The number of nitrogens with zero attached hydrogens (tertiary/aromatic N) is 4. The van der Waals surface area contributed by atoms with E-state index in [0.29, 0.717) is 12.3 Å². The van der Waals surface area contributed by atoms with Gasteiger partial charge in [-0.05, 0) is 62.2 Å². The fourth-order valence-corrected chi connectivity index (χ4v) is 4.59. The van der Waals surface area contributed by atoms with Crippen molar-refractivity contribution in [1.82, 2.24) is 25.0 Å². The Bertz CT molecular complexity index is 1000. The van der Waals surface area contributed by atoms with Crippen LogP contribution in [0.4, 0.5) is 0 Å². The molecule has 1 saturated heterocycles. The highest BCUT2D eigenvalue weighted by Gasteiger charge is 2.20. The van der Waals surface area contributed by atoms with Gasteiger partial charge in [-0.25, -0.2) is 0 Å². The van der Waals surface area contributed by atoms with E-state index in [-0.39, 0.29) is 5.91 Å². The van der Waals surface area contributed by atoms with E-state index in [1.54, 1.807) is 7.11 Å². The van der Waals surface area contributed by atoms with E-state index >= 15 is 0 Å². The van der Waals surface area contributed by atoms with Gasteiger partial charge in [-0.2, -0.15) is 0 Å². The van der Waals surface area contributed by atoms with Crippen molar-refractivity contribution in [2.45, 2.75) is 31.0 Å². The van der Waals surface area contributed by atoms with Crippen LogP contribution in [0, 0.1) is 0 Å². The fraction of sp³-hybridized carbons (Fsp3) is 0.375. The van der Waals surface area contributed by atoms with E-state index in [1.807, 2.05) is 42.5 Å². The maximum atomic E-state index is 12.4. The van der Waals surface area contributed by atoms with Gasteiger partial charge in [0, 0.05) is 12.2 Å². The third-order valence-corrected chi connectivity index (χ3v) is 6.43. The average molecular weight is 452 g/mol. The van der Waals surface area contributed by atoms with Crippen molar-refractivity contribution < 1.29 is 9.53 Å². The van der Waals surface area contributed by atoms with Crippen LogP contribution in [0.2, 0.25) is 0 Å². The lowest BCUT2D eigenvalue weighted by Gasteiger charge is -2.16. The summed E-state index contributed by atoms with van der Waals surface area (Å²) >= 11 is 1.42. The van der Waals surface area contributed by atoms with E-state index in [4.69, 9.17) is 4.74 Å². The molecule has 1 aliphatic rings. The second-order valence-corrected chi connectivity index (χ2v) is 8.73. The van der Waals surface area contributed by atoms with Gasteiger partial charge < -0.3 is 10.1 Å². The van der Waals surface area contributed by atoms with Gasteiger partial charge in [0.1, 0.15) is 5.75 Å². The van der Waals surface area contributed by atoms with Crippen LogP contribution in [0.5, 0.6) is 5.75 Å². The minimum atomic E-state index is -0.00721. The monoisotopic (exact) mass is 451 g/mol. The van der Waals surface area contributed by atoms with Gasteiger partial charge in [0.05, 0.1) is 19.4 Å². The minimum absolute atomic E-state index is 0.00721. The summed E-state index contributed by atoms with van der Waals surface area (Å²) < 4.78 is 7.25. The number of nitrogens with one attached hydrogen (secondary N) is 1. The minimum Gasteiger partial charge on any atom is -0.497 e. The molecule has 1 aliphatic heterocycles. The Labute approximate surface area is 193 Å². The molecule has 32 heavy (non-hydrogen) atoms. The quantitative estimate of drug-likeness (QED) is 0.477. The lowest BCUT2D eigenvalue weighted by atomic mass is 10.1. The van der Waals surface area contributed by atoms with Crippen molar-refractivity contribution in [2.24, 2.45) is 0 Å². The molecule has 0 bridgehead atoms. The van der Waals surface area contributed by atoms with Crippen LogP contribution in [0.1, 0.15) is 24.2 Å². The van der Waals surface area contributed by atoms with Gasteiger partial charge in [0.25, 0.3) is 0 Å². The van der Waals surface area contributed by atoms with Crippen LogP contribution in [-0.4, -0.2) is 58.1 Å². The molecule has 1 amide bonds. The Balaban J connectivity index is 1.34. The first-order valence-corrected chi connectivity index (χ1v) is 12.0. The topological polar surface area (TPSA) is 72.3 Å². The predicted octanol–water partition coefficient (Wildman–Crippen LogP) is 3.32. The van der Waals surface area contributed by atoms with Crippen molar-refractivity contribution in [2.75, 3.05) is 32.5 Å². The van der Waals surface area contributed by atoms with Crippen LogP contribution in [0.15, 0.2) is 59.8 Å². The number of aromatic nitrogens is 3. The van der Waals surface area contributed by atoms with Crippen molar-refractivity contribution in [3.63, 3.8) is 0 Å². The van der Waals surface area contributed by atoms with Crippen LogP contribution < -0.4 is 10.1 Å². The third-order valence-electron chi connectivity index (χ3n) is 5.51. The second-order valence-electron chi connectivity index (χ2n) is 7.79. The summed E-state index contributed by atoms with van der Waals surface area (Å²) in [6.07, 6.45) is 3.25. The van der Waals surface area contributed by atoms with Gasteiger partial charge >= 0.3 is 0 Å². The molecule has 3 aromatic rings. The highest BCUT2D eigenvalue weighted by atomic mass is 32.2. The zero-order chi connectivity index (χ0) is 22.2. The number of methoxy groups -OCH3 is 1. The maximum absolute atomic E-state index is 12.4. The van der Waals surface area contributed by atoms with Gasteiger partial charge in [-0.1, -0.05) is 42.1 Å². The number of amides is 1. The summed E-state index contributed by atoms with van der Waals surface area (Å²) in [5.41, 5.74) is 2.18. The highest BCUT2D eigenvalue weighted by Crippen LogP contribution is 2.23. The van der Waals surface area contributed by atoms with Crippen LogP contribution in [0.3, 0.4) is 0 Å². The zero-order valence-corrected chi connectivity index (χ0v) is 19.2. The Morgan fingerprint density at radius 2 is 1.81 bits per heavy atom. The number of carbonyl (C=O) groups excluding carboxylic acids is 1. The molecule has 1 N–H and O–H groups in total. The normalized spacial score (nSPS) is 13.9. The third kappa shape index (κ3) is 5.89. The lowest BCUT2D eigenvalue weighted by Crippen LogP contribution is -2.27. The fourth-order valence-electron chi connectivity index (χ4n) is 3.79. The van der Waals surface area contributed by atoms with Crippen molar-refractivity contribution in [3.8, 4) is 11.4 Å². The van der Waals surface area contributed by atoms with E-state index in [9.17, 15) is 4.79 Å². The van der Waals surface area contributed by atoms with Gasteiger partial charge in [0.2, 0.25) is 5.91 Å². The molecular formula is C24H29N5O2S. The van der Waals surface area contributed by atoms with Crippen LogP contribution >= 0.6 is 11.8 Å². The molecule has 4 rings (SSSR count). The number of thioether (sulfide) groups is 1. The standard InChI is InChI=1S/C24H29N5O2S/c1-31-21-11-9-19(10-12-21)13-14-25-23(30)18-32-24-27-26-22(17-28-15-5-6-16-28)29(24)20-7-3-2-4-8-20/h2-4,7-12H,5-6,13-18H2,1H3,(H,25,30). The molecule has 2 heterocycles. The first-order valence-electron chi connectivity index (χ1n) is 11.0. The molecule has 0 aliphatic carbocycles.